The van der Waals surface area contributed by atoms with Gasteiger partial charge in [0, 0.05) is 18.1 Å². The normalized spacial score (nSPS) is 13.3. The van der Waals surface area contributed by atoms with Crippen molar-refractivity contribution in [1.82, 2.24) is 10.6 Å². The smallest absolute Gasteiger partial charge is 0.408 e. The van der Waals surface area contributed by atoms with Gasteiger partial charge in [0.2, 0.25) is 11.8 Å². The summed E-state index contributed by atoms with van der Waals surface area (Å²) in [5.74, 6) is -1.84. The van der Waals surface area contributed by atoms with E-state index >= 15 is 0 Å². The number of carbonyl (C=O) groups is 3. The van der Waals surface area contributed by atoms with Crippen molar-refractivity contribution in [3.05, 3.63) is 75.8 Å². The van der Waals surface area contributed by atoms with E-state index in [1.165, 1.54) is 25.1 Å². The lowest BCUT2D eigenvalue weighted by atomic mass is 10.0. The topological polar surface area (TPSA) is 174 Å². The molecule has 3 atom stereocenters. The number of nitrogens with two attached hydrogens (primary N) is 1. The highest BCUT2D eigenvalue weighted by Crippen LogP contribution is 2.19. The number of hydrogen-bond donors (Lipinski definition) is 4. The van der Waals surface area contributed by atoms with Gasteiger partial charge in [-0.1, -0.05) is 48.5 Å². The van der Waals surface area contributed by atoms with Crippen LogP contribution in [0.15, 0.2) is 54.6 Å². The molecule has 0 aliphatic heterocycles. The maximum Gasteiger partial charge on any atom is 0.408 e. The molecule has 32 heavy (non-hydrogen) atoms. The minimum Gasteiger partial charge on any atom is -0.445 e. The van der Waals surface area contributed by atoms with Crippen molar-refractivity contribution in [2.75, 3.05) is 0 Å². The third-order valence-corrected chi connectivity index (χ3v) is 4.52. The lowest BCUT2D eigenvalue weighted by Crippen LogP contribution is -2.57. The number of hydrogen-bond acceptors (Lipinski definition) is 7. The fraction of sp³-hybridized carbons (Fsp3) is 0.286. The number of alkyl carbamates (subject to hydrolysis) is 1. The molecule has 2 rings (SSSR count). The number of carbonyl (C=O) groups excluding carboxylic acids is 3. The minimum absolute atomic E-state index is 0.0532. The second-order valence-corrected chi connectivity index (χ2v) is 6.98. The van der Waals surface area contributed by atoms with Crippen LogP contribution in [-0.4, -0.2) is 46.1 Å². The van der Waals surface area contributed by atoms with E-state index in [4.69, 9.17) is 10.5 Å². The van der Waals surface area contributed by atoms with E-state index in [0.717, 1.165) is 5.56 Å². The number of amides is 3. The zero-order valence-electron chi connectivity index (χ0n) is 17.3. The Hall–Kier alpha value is -3.99. The summed E-state index contributed by atoms with van der Waals surface area (Å²) in [6.45, 7) is 1.21. The number of aliphatic hydroxyl groups excluding tert-OH is 1. The second kappa shape index (κ2) is 11.4. The number of nitrogens with zero attached hydrogens (tertiary/aromatic N) is 1. The summed E-state index contributed by atoms with van der Waals surface area (Å²) in [5.41, 5.74) is 6.02. The lowest BCUT2D eigenvalue weighted by molar-refractivity contribution is -0.385. The largest absolute Gasteiger partial charge is 0.445 e. The molecule has 0 aliphatic carbocycles. The Morgan fingerprint density at radius 1 is 1.09 bits per heavy atom. The van der Waals surface area contributed by atoms with Gasteiger partial charge in [0.05, 0.1) is 11.0 Å². The predicted molar refractivity (Wildman–Crippen MR) is 113 cm³/mol. The van der Waals surface area contributed by atoms with E-state index in [0.29, 0.717) is 0 Å². The van der Waals surface area contributed by atoms with Crippen LogP contribution in [0.3, 0.4) is 0 Å². The Kier molecular flexibility index (Phi) is 8.66. The van der Waals surface area contributed by atoms with Gasteiger partial charge in [-0.05, 0) is 12.5 Å². The first-order valence-corrected chi connectivity index (χ1v) is 9.66. The fourth-order valence-electron chi connectivity index (χ4n) is 2.86. The molecule has 11 heteroatoms. The summed E-state index contributed by atoms with van der Waals surface area (Å²) in [6, 6.07) is 11.8. The van der Waals surface area contributed by atoms with E-state index in [-0.39, 0.29) is 24.3 Å². The van der Waals surface area contributed by atoms with Crippen LogP contribution >= 0.6 is 0 Å². The molecule has 0 spiro atoms. The SMILES string of the molecule is C[C@@H](O)[C@H](NC(=O)OCc1ccccc1)C(=O)N[C@H](Cc1ccccc1[N+](=O)[O-])C(N)=O. The number of nitro benzene ring substituents is 1. The Bertz CT molecular complexity index is 966. The maximum absolute atomic E-state index is 12.6. The van der Waals surface area contributed by atoms with Crippen LogP contribution in [0, 0.1) is 10.1 Å². The number of nitrogens with one attached hydrogen (secondary N) is 2. The van der Waals surface area contributed by atoms with Crippen LogP contribution in [0.1, 0.15) is 18.1 Å². The monoisotopic (exact) mass is 444 g/mol. The van der Waals surface area contributed by atoms with Crippen molar-refractivity contribution in [3.63, 3.8) is 0 Å². The summed E-state index contributed by atoms with van der Waals surface area (Å²) >= 11 is 0. The molecule has 0 radical (unpaired) electrons. The molecule has 0 saturated heterocycles. The van der Waals surface area contributed by atoms with Crippen molar-refractivity contribution < 1.29 is 29.2 Å². The van der Waals surface area contributed by atoms with Crippen molar-refractivity contribution in [2.45, 2.75) is 38.1 Å². The first kappa shape index (κ1) is 24.3. The van der Waals surface area contributed by atoms with Gasteiger partial charge in [-0.15, -0.1) is 0 Å². The Labute approximate surface area is 183 Å². The van der Waals surface area contributed by atoms with Gasteiger partial charge in [-0.2, -0.15) is 0 Å². The number of rotatable bonds is 10. The third kappa shape index (κ3) is 7.06. The molecule has 0 aromatic heterocycles. The molecule has 11 nitrogen and oxygen atoms in total. The predicted octanol–water partition coefficient (Wildman–Crippen LogP) is 0.783. The highest BCUT2D eigenvalue weighted by molar-refractivity contribution is 5.91. The van der Waals surface area contributed by atoms with Crippen LogP contribution < -0.4 is 16.4 Å². The van der Waals surface area contributed by atoms with Crippen LogP contribution in [0.25, 0.3) is 0 Å². The first-order valence-electron chi connectivity index (χ1n) is 9.66. The van der Waals surface area contributed by atoms with E-state index in [2.05, 4.69) is 10.6 Å². The van der Waals surface area contributed by atoms with Crippen LogP contribution in [0.4, 0.5) is 10.5 Å². The Morgan fingerprint density at radius 2 is 1.72 bits per heavy atom. The van der Waals surface area contributed by atoms with E-state index in [9.17, 15) is 29.6 Å². The van der Waals surface area contributed by atoms with Crippen molar-refractivity contribution in [1.29, 1.82) is 0 Å². The average molecular weight is 444 g/mol. The molecule has 170 valence electrons. The summed E-state index contributed by atoms with van der Waals surface area (Å²) in [7, 11) is 0. The Morgan fingerprint density at radius 3 is 2.31 bits per heavy atom. The van der Waals surface area contributed by atoms with Gasteiger partial charge in [-0.25, -0.2) is 4.79 Å². The third-order valence-electron chi connectivity index (χ3n) is 4.52. The van der Waals surface area contributed by atoms with Gasteiger partial charge in [0.15, 0.2) is 0 Å². The molecule has 0 aliphatic rings. The molecule has 5 N–H and O–H groups in total. The van der Waals surface area contributed by atoms with Gasteiger partial charge < -0.3 is 26.2 Å². The molecule has 0 unspecified atom stereocenters. The molecule has 0 heterocycles. The fourth-order valence-corrected chi connectivity index (χ4v) is 2.86. The molecular formula is C21H24N4O7. The van der Waals surface area contributed by atoms with E-state index in [1.807, 2.05) is 0 Å². The Balaban J connectivity index is 2.05. The zero-order valence-corrected chi connectivity index (χ0v) is 17.3. The maximum atomic E-state index is 12.6. The minimum atomic E-state index is -1.45. The molecule has 3 amide bonds. The number of nitro groups is 1. The summed E-state index contributed by atoms with van der Waals surface area (Å²) in [4.78, 5) is 47.1. The van der Waals surface area contributed by atoms with Crippen molar-refractivity contribution >= 4 is 23.6 Å². The highest BCUT2D eigenvalue weighted by atomic mass is 16.6. The second-order valence-electron chi connectivity index (χ2n) is 6.98. The van der Waals surface area contributed by atoms with Crippen LogP contribution in [-0.2, 0) is 27.4 Å². The average Bonchev–Trinajstić information content (AvgIpc) is 2.76. The molecule has 2 aromatic rings. The van der Waals surface area contributed by atoms with E-state index < -0.39 is 41.0 Å². The summed E-state index contributed by atoms with van der Waals surface area (Å²) < 4.78 is 5.04. The summed E-state index contributed by atoms with van der Waals surface area (Å²) in [5, 5.41) is 25.7. The van der Waals surface area contributed by atoms with Crippen molar-refractivity contribution in [2.24, 2.45) is 5.73 Å². The number of ether oxygens (including phenoxy) is 1. The molecule has 0 fully saturated rings. The van der Waals surface area contributed by atoms with Gasteiger partial charge in [-0.3, -0.25) is 19.7 Å². The van der Waals surface area contributed by atoms with Crippen LogP contribution in [0.5, 0.6) is 0 Å². The van der Waals surface area contributed by atoms with Gasteiger partial charge in [0.25, 0.3) is 5.69 Å². The van der Waals surface area contributed by atoms with Gasteiger partial charge >= 0.3 is 6.09 Å². The highest BCUT2D eigenvalue weighted by Gasteiger charge is 2.30. The van der Waals surface area contributed by atoms with Crippen LogP contribution in [0.2, 0.25) is 0 Å². The first-order chi connectivity index (χ1) is 15.2. The lowest BCUT2D eigenvalue weighted by Gasteiger charge is -2.23. The van der Waals surface area contributed by atoms with E-state index in [1.54, 1.807) is 36.4 Å². The molecule has 2 aromatic carbocycles. The number of benzene rings is 2. The summed E-state index contributed by atoms with van der Waals surface area (Å²) in [6.07, 6.45) is -2.54. The number of aliphatic hydroxyl groups is 1. The molecule has 0 bridgehead atoms. The quantitative estimate of drug-likeness (QED) is 0.309. The van der Waals surface area contributed by atoms with Crippen molar-refractivity contribution in [3.8, 4) is 0 Å². The standard InChI is InChI=1S/C21H24N4O7/c1-13(26)18(24-21(29)32-12-14-7-3-2-4-8-14)20(28)23-16(19(22)27)11-15-9-5-6-10-17(15)25(30)31/h2-10,13,16,18,26H,11-12H2,1H3,(H2,22,27)(H,23,28)(H,24,29)/t13-,16-,18+/m1/s1. The zero-order chi connectivity index (χ0) is 23.7. The molecule has 0 saturated carbocycles. The number of para-hydroxylation sites is 1. The molecular weight excluding hydrogens is 420 g/mol. The number of primary amides is 1. The van der Waals surface area contributed by atoms with Gasteiger partial charge in [0.1, 0.15) is 18.7 Å².